The van der Waals surface area contributed by atoms with E-state index in [1.165, 1.54) is 77.4 Å². The van der Waals surface area contributed by atoms with Crippen LogP contribution in [0.1, 0.15) is 16.4 Å². The maximum absolute atomic E-state index is 13.9. The normalized spacial score (nSPS) is 19.4. The van der Waals surface area contributed by atoms with Crippen LogP contribution in [0.3, 0.4) is 0 Å². The minimum absolute atomic E-state index is 0.0208. The molecule has 1 aromatic heterocycles. The summed E-state index contributed by atoms with van der Waals surface area (Å²) in [7, 11) is 0. The summed E-state index contributed by atoms with van der Waals surface area (Å²) >= 11 is 1.86. The van der Waals surface area contributed by atoms with Gasteiger partial charge in [-0.05, 0) is 54.1 Å². The Bertz CT molecular complexity index is 1800. The van der Waals surface area contributed by atoms with Gasteiger partial charge in [-0.1, -0.05) is 35.2 Å². The van der Waals surface area contributed by atoms with Crippen LogP contribution in [0.2, 0.25) is 0 Å². The number of aromatic nitrogens is 1. The molecule has 11 nitrogen and oxygen atoms in total. The van der Waals surface area contributed by atoms with E-state index >= 15 is 0 Å². The van der Waals surface area contributed by atoms with Gasteiger partial charge in [-0.25, -0.2) is 9.29 Å². The van der Waals surface area contributed by atoms with Gasteiger partial charge in [0.05, 0.1) is 21.6 Å². The SMILES string of the molecule is O=C(Cn1c2c(sc1=O)[C@H](c1ccc(F)cc1)C1C(=O)N(c3ccc([N+](=O)[O-])cc3)C(=O)C1S2)Nc1ccc(O)cc1. The lowest BCUT2D eigenvalue weighted by Gasteiger charge is -2.30. The summed E-state index contributed by atoms with van der Waals surface area (Å²) in [5.41, 5.74) is 0.881. The molecule has 3 amide bonds. The molecule has 2 aliphatic rings. The first-order valence-corrected chi connectivity index (χ1v) is 14.2. The fraction of sp³-hybridized carbons (Fsp3) is 0.143. The molecule has 0 spiro atoms. The summed E-state index contributed by atoms with van der Waals surface area (Å²) in [5, 5.41) is 22.6. The number of aromatic hydroxyl groups is 1. The van der Waals surface area contributed by atoms with Crippen molar-refractivity contribution in [3.05, 3.63) is 109 Å². The number of anilines is 2. The summed E-state index contributed by atoms with van der Waals surface area (Å²) in [6.45, 7) is -0.375. The fourth-order valence-electron chi connectivity index (χ4n) is 5.15. The van der Waals surface area contributed by atoms with Crippen molar-refractivity contribution in [2.24, 2.45) is 5.92 Å². The van der Waals surface area contributed by atoms with Crippen LogP contribution in [0.4, 0.5) is 21.5 Å². The molecule has 2 N–H and O–H groups in total. The Morgan fingerprint density at radius 2 is 1.64 bits per heavy atom. The molecule has 1 fully saturated rings. The lowest BCUT2D eigenvalue weighted by atomic mass is 9.83. The van der Waals surface area contributed by atoms with Gasteiger partial charge in [-0.3, -0.25) is 33.9 Å². The van der Waals surface area contributed by atoms with Crippen molar-refractivity contribution in [3.8, 4) is 5.75 Å². The number of nitro benzene ring substituents is 1. The predicted octanol–water partition coefficient (Wildman–Crippen LogP) is 4.10. The second-order valence-electron chi connectivity index (χ2n) is 9.60. The zero-order valence-electron chi connectivity index (χ0n) is 21.3. The zero-order chi connectivity index (χ0) is 29.7. The van der Waals surface area contributed by atoms with Gasteiger partial charge in [0.25, 0.3) is 5.69 Å². The first kappa shape index (κ1) is 27.4. The van der Waals surface area contributed by atoms with E-state index in [2.05, 4.69) is 5.32 Å². The quantitative estimate of drug-likeness (QED) is 0.144. The summed E-state index contributed by atoms with van der Waals surface area (Å²) in [4.78, 5) is 65.2. The fourth-order valence-corrected chi connectivity index (χ4v) is 7.92. The molecule has 1 saturated heterocycles. The Kier molecular flexibility index (Phi) is 6.86. The Morgan fingerprint density at radius 3 is 2.29 bits per heavy atom. The Morgan fingerprint density at radius 1 is 0.976 bits per heavy atom. The number of imide groups is 1. The summed E-state index contributed by atoms with van der Waals surface area (Å²) in [6, 6.07) is 16.3. The number of thioether (sulfide) groups is 1. The van der Waals surface area contributed by atoms with Crippen molar-refractivity contribution in [1.29, 1.82) is 0 Å². The van der Waals surface area contributed by atoms with Gasteiger partial charge in [0.1, 0.15) is 23.4 Å². The highest BCUT2D eigenvalue weighted by molar-refractivity contribution is 8.00. The molecular formula is C28H19FN4O7S2. The third-order valence-corrected chi connectivity index (χ3v) is 9.65. The van der Waals surface area contributed by atoms with Crippen LogP contribution in [0.5, 0.6) is 5.75 Å². The average Bonchev–Trinajstić information content (AvgIpc) is 3.41. The Hall–Kier alpha value is -4.82. The number of nitrogens with one attached hydrogen (secondary N) is 1. The average molecular weight is 607 g/mol. The number of benzene rings is 3. The number of phenolic OH excluding ortho intramolecular Hbond substituents is 1. The standard InChI is InChI=1S/C28H19FN4O7S2/c29-15-3-1-14(2-4-15)21-22-23(26(37)32(25(22)36)17-7-9-18(10-8-17)33(39)40)41-27-24(21)42-28(38)31(27)13-20(35)30-16-5-11-19(34)12-6-16/h1-12,21-23,34H,13H2,(H,30,35)/t21-,22?,23?/m1/s1. The number of amides is 3. The predicted molar refractivity (Wildman–Crippen MR) is 152 cm³/mol. The van der Waals surface area contributed by atoms with Crippen LogP contribution in [0, 0.1) is 21.8 Å². The number of nitrogens with zero attached hydrogens (tertiary/aromatic N) is 3. The van der Waals surface area contributed by atoms with Gasteiger partial charge in [-0.2, -0.15) is 0 Å². The summed E-state index contributed by atoms with van der Waals surface area (Å²) in [5.74, 6) is -3.86. The van der Waals surface area contributed by atoms with Gasteiger partial charge in [-0.15, -0.1) is 0 Å². The second-order valence-corrected chi connectivity index (χ2v) is 11.7. The van der Waals surface area contributed by atoms with Crippen molar-refractivity contribution >= 4 is 57.9 Å². The molecule has 2 aliphatic heterocycles. The van der Waals surface area contributed by atoms with E-state index in [4.69, 9.17) is 0 Å². The van der Waals surface area contributed by atoms with Crippen LogP contribution in [-0.4, -0.2) is 37.6 Å². The number of rotatable bonds is 6. The Labute approximate surface area is 244 Å². The first-order valence-electron chi connectivity index (χ1n) is 12.5. The van der Waals surface area contributed by atoms with E-state index in [9.17, 15) is 38.8 Å². The molecule has 3 heterocycles. The molecule has 0 aliphatic carbocycles. The molecule has 0 bridgehead atoms. The van der Waals surface area contributed by atoms with Crippen LogP contribution in [0.25, 0.3) is 0 Å². The minimum atomic E-state index is -0.976. The van der Waals surface area contributed by atoms with Crippen molar-refractivity contribution in [3.63, 3.8) is 0 Å². The van der Waals surface area contributed by atoms with Crippen molar-refractivity contribution in [2.75, 3.05) is 10.2 Å². The van der Waals surface area contributed by atoms with E-state index in [-0.39, 0.29) is 23.7 Å². The number of non-ortho nitro benzene ring substituents is 1. The minimum Gasteiger partial charge on any atom is -0.508 e. The lowest BCUT2D eigenvalue weighted by molar-refractivity contribution is -0.384. The molecule has 6 rings (SSSR count). The van der Waals surface area contributed by atoms with E-state index in [0.717, 1.165) is 28.0 Å². The van der Waals surface area contributed by atoms with Crippen LogP contribution >= 0.6 is 23.1 Å². The molecule has 14 heteroatoms. The number of thiazole rings is 1. The molecule has 2 unspecified atom stereocenters. The van der Waals surface area contributed by atoms with Gasteiger partial charge < -0.3 is 10.4 Å². The second kappa shape index (κ2) is 10.5. The van der Waals surface area contributed by atoms with Crippen LogP contribution in [0.15, 0.2) is 82.6 Å². The largest absolute Gasteiger partial charge is 0.508 e. The van der Waals surface area contributed by atoms with E-state index in [0.29, 0.717) is 21.2 Å². The van der Waals surface area contributed by atoms with Crippen molar-refractivity contribution in [2.45, 2.75) is 22.7 Å². The van der Waals surface area contributed by atoms with Crippen LogP contribution in [-0.2, 0) is 20.9 Å². The highest BCUT2D eigenvalue weighted by Crippen LogP contribution is 2.53. The molecule has 0 saturated carbocycles. The van der Waals surface area contributed by atoms with Gasteiger partial charge in [0.2, 0.25) is 17.7 Å². The molecule has 3 aromatic carbocycles. The van der Waals surface area contributed by atoms with E-state index < -0.39 is 50.4 Å². The number of carbonyl (C=O) groups excluding carboxylic acids is 3. The Balaban J connectivity index is 1.39. The third-order valence-electron chi connectivity index (χ3n) is 7.05. The molecule has 42 heavy (non-hydrogen) atoms. The maximum atomic E-state index is 13.9. The van der Waals surface area contributed by atoms with E-state index in [1.807, 2.05) is 0 Å². The number of hydrogen-bond donors (Lipinski definition) is 2. The number of fused-ring (bicyclic) bond motifs is 2. The molecule has 3 atom stereocenters. The summed E-state index contributed by atoms with van der Waals surface area (Å²) < 4.78 is 15.1. The third kappa shape index (κ3) is 4.73. The zero-order valence-corrected chi connectivity index (χ0v) is 22.9. The number of carbonyl (C=O) groups is 3. The summed E-state index contributed by atoms with van der Waals surface area (Å²) in [6.07, 6.45) is 0. The highest BCUT2D eigenvalue weighted by Gasteiger charge is 2.56. The number of phenols is 1. The number of nitro groups is 1. The van der Waals surface area contributed by atoms with Gasteiger partial charge in [0.15, 0.2) is 0 Å². The number of halogens is 1. The molecule has 4 aromatic rings. The van der Waals surface area contributed by atoms with Crippen LogP contribution < -0.4 is 15.1 Å². The topological polar surface area (TPSA) is 152 Å². The molecule has 0 radical (unpaired) electrons. The molecule has 212 valence electrons. The van der Waals surface area contributed by atoms with Crippen molar-refractivity contribution < 1.29 is 28.8 Å². The first-order chi connectivity index (χ1) is 20.1. The monoisotopic (exact) mass is 606 g/mol. The van der Waals surface area contributed by atoms with Crippen molar-refractivity contribution in [1.82, 2.24) is 4.57 Å². The lowest BCUT2D eigenvalue weighted by Crippen LogP contribution is -2.33. The van der Waals surface area contributed by atoms with Gasteiger partial charge >= 0.3 is 4.87 Å². The number of hydrogen-bond acceptors (Lipinski definition) is 9. The smallest absolute Gasteiger partial charge is 0.308 e. The van der Waals surface area contributed by atoms with Gasteiger partial charge in [0, 0.05) is 28.6 Å². The van der Waals surface area contributed by atoms with E-state index in [1.54, 1.807) is 0 Å². The molecular weight excluding hydrogens is 587 g/mol. The maximum Gasteiger partial charge on any atom is 0.308 e. The highest BCUT2D eigenvalue weighted by atomic mass is 32.2.